The number of ether oxygens (including phenoxy) is 1. The maximum absolute atomic E-state index is 13.4. The van der Waals surface area contributed by atoms with Gasteiger partial charge in [-0.05, 0) is 43.5 Å². The molecular weight excluding hydrogens is 465 g/mol. The molecule has 0 aromatic heterocycles. The number of hydrogen-bond donors (Lipinski definition) is 2. The van der Waals surface area contributed by atoms with Gasteiger partial charge in [-0.3, -0.25) is 14.8 Å². The maximum atomic E-state index is 13.4. The van der Waals surface area contributed by atoms with Crippen LogP contribution >= 0.6 is 23.2 Å². The van der Waals surface area contributed by atoms with Crippen molar-refractivity contribution >= 4 is 40.7 Å². The van der Waals surface area contributed by atoms with Gasteiger partial charge in [-0.1, -0.05) is 47.5 Å². The molecule has 1 heterocycles. The third-order valence-electron chi connectivity index (χ3n) is 6.49. The number of carbonyl (C=O) groups excluding carboxylic acids is 2. The number of rotatable bonds is 5. The monoisotopic (exact) mass is 491 g/mol. The first-order valence-electron chi connectivity index (χ1n) is 11.1. The molecule has 2 aromatic carbocycles. The fraction of sp³-hybridized carbons (Fsp3) is 0.417. The molecule has 2 fully saturated rings. The van der Waals surface area contributed by atoms with Crippen LogP contribution in [0.15, 0.2) is 48.5 Å². The van der Waals surface area contributed by atoms with Crippen LogP contribution in [-0.4, -0.2) is 54.2 Å². The van der Waals surface area contributed by atoms with Gasteiger partial charge in [-0.25, -0.2) is 5.48 Å². The fourth-order valence-corrected chi connectivity index (χ4v) is 5.06. The normalized spacial score (nSPS) is 23.2. The van der Waals surface area contributed by atoms with Crippen molar-refractivity contribution in [1.29, 1.82) is 0 Å². The van der Waals surface area contributed by atoms with Crippen molar-refractivity contribution in [3.63, 3.8) is 0 Å². The van der Waals surface area contributed by atoms with E-state index < -0.39 is 17.7 Å². The van der Waals surface area contributed by atoms with Crippen molar-refractivity contribution in [2.45, 2.75) is 25.4 Å². The third kappa shape index (κ3) is 5.37. The summed E-state index contributed by atoms with van der Waals surface area (Å²) in [5.74, 6) is -1.36. The first-order chi connectivity index (χ1) is 16.0. The molecule has 33 heavy (non-hydrogen) atoms. The van der Waals surface area contributed by atoms with Crippen molar-refractivity contribution in [3.8, 4) is 5.75 Å². The number of benzene rings is 2. The summed E-state index contributed by atoms with van der Waals surface area (Å²) in [7, 11) is 0. The number of nitrogens with one attached hydrogen (secondary N) is 1. The van der Waals surface area contributed by atoms with Crippen molar-refractivity contribution in [2.75, 3.05) is 31.1 Å². The average Bonchev–Trinajstić information content (AvgIpc) is 2.86. The van der Waals surface area contributed by atoms with Gasteiger partial charge in [0.25, 0.3) is 0 Å². The molecule has 1 saturated heterocycles. The molecule has 2 aromatic rings. The Morgan fingerprint density at radius 1 is 0.939 bits per heavy atom. The summed E-state index contributed by atoms with van der Waals surface area (Å²) < 4.78 is 6.02. The molecule has 0 unspecified atom stereocenters. The first kappa shape index (κ1) is 23.7. The summed E-state index contributed by atoms with van der Waals surface area (Å²) in [6.07, 6.45) is 1.06. The quantitative estimate of drug-likeness (QED) is 0.487. The number of carbonyl (C=O) groups is 2. The number of para-hydroxylation sites is 1. The van der Waals surface area contributed by atoms with E-state index in [1.165, 1.54) is 0 Å². The molecule has 2 amide bonds. The number of halogens is 2. The molecule has 2 aliphatic rings. The molecule has 3 atom stereocenters. The van der Waals surface area contributed by atoms with Crippen molar-refractivity contribution < 1.29 is 19.5 Å². The van der Waals surface area contributed by atoms with E-state index in [9.17, 15) is 14.8 Å². The lowest BCUT2D eigenvalue weighted by Crippen LogP contribution is -2.53. The molecule has 1 aliphatic carbocycles. The van der Waals surface area contributed by atoms with Crippen LogP contribution in [0.1, 0.15) is 19.3 Å². The molecule has 1 saturated carbocycles. The highest BCUT2D eigenvalue weighted by atomic mass is 35.5. The van der Waals surface area contributed by atoms with Crippen LogP contribution in [0.25, 0.3) is 0 Å². The highest BCUT2D eigenvalue weighted by Crippen LogP contribution is 2.37. The topological polar surface area (TPSA) is 82.1 Å². The highest BCUT2D eigenvalue weighted by molar-refractivity contribution is 6.42. The SMILES string of the molecule is O=C(NO)[C@H]1C[C@H](Oc2cccc(Cl)c2Cl)CC[C@@H]1C(=O)N1CCN(c2ccccc2)CC1. The van der Waals surface area contributed by atoms with Gasteiger partial charge in [0.1, 0.15) is 10.8 Å². The summed E-state index contributed by atoms with van der Waals surface area (Å²) in [6.45, 7) is 2.65. The van der Waals surface area contributed by atoms with E-state index in [0.717, 1.165) is 18.8 Å². The molecule has 0 spiro atoms. The van der Waals surface area contributed by atoms with Gasteiger partial charge in [0.15, 0.2) is 0 Å². The van der Waals surface area contributed by atoms with Crippen LogP contribution in [0.3, 0.4) is 0 Å². The van der Waals surface area contributed by atoms with Crippen LogP contribution < -0.4 is 15.1 Å². The number of amides is 2. The fourth-order valence-electron chi connectivity index (χ4n) is 4.72. The predicted octanol–water partition coefficient (Wildman–Crippen LogP) is 4.01. The zero-order chi connectivity index (χ0) is 23.4. The summed E-state index contributed by atoms with van der Waals surface area (Å²) >= 11 is 12.3. The van der Waals surface area contributed by atoms with E-state index in [0.29, 0.717) is 48.1 Å². The van der Waals surface area contributed by atoms with Crippen molar-refractivity contribution in [3.05, 3.63) is 58.6 Å². The number of hydroxylamine groups is 1. The number of hydrogen-bond acceptors (Lipinski definition) is 5. The first-order valence-corrected chi connectivity index (χ1v) is 11.9. The Bertz CT molecular complexity index is 983. The van der Waals surface area contributed by atoms with Gasteiger partial charge in [-0.2, -0.15) is 0 Å². The second kappa shape index (κ2) is 10.6. The Labute approximate surface area is 203 Å². The average molecular weight is 492 g/mol. The lowest BCUT2D eigenvalue weighted by Gasteiger charge is -2.40. The van der Waals surface area contributed by atoms with Crippen LogP contribution in [0.4, 0.5) is 5.69 Å². The van der Waals surface area contributed by atoms with Gasteiger partial charge < -0.3 is 14.5 Å². The van der Waals surface area contributed by atoms with Crippen LogP contribution in [0.5, 0.6) is 5.75 Å². The Morgan fingerprint density at radius 2 is 1.67 bits per heavy atom. The van der Waals surface area contributed by atoms with E-state index in [4.69, 9.17) is 27.9 Å². The summed E-state index contributed by atoms with van der Waals surface area (Å²) in [6, 6.07) is 15.2. The smallest absolute Gasteiger partial charge is 0.247 e. The van der Waals surface area contributed by atoms with Crippen LogP contribution in [0, 0.1) is 11.8 Å². The maximum Gasteiger partial charge on any atom is 0.247 e. The van der Waals surface area contributed by atoms with E-state index in [1.807, 2.05) is 23.1 Å². The van der Waals surface area contributed by atoms with Gasteiger partial charge >= 0.3 is 0 Å². The summed E-state index contributed by atoms with van der Waals surface area (Å²) in [5.41, 5.74) is 2.87. The molecule has 4 rings (SSSR count). The standard InChI is InChI=1S/C24H27Cl2N3O4/c25-20-7-4-8-21(22(20)26)33-17-9-10-18(19(15-17)23(30)27-32)24(31)29-13-11-28(12-14-29)16-5-2-1-3-6-16/h1-8,17-19,32H,9-15H2,(H,27,30)/t17-,18+,19+/m1/s1. The van der Waals surface area contributed by atoms with Crippen LogP contribution in [-0.2, 0) is 9.59 Å². The lowest BCUT2D eigenvalue weighted by atomic mass is 9.76. The highest BCUT2D eigenvalue weighted by Gasteiger charge is 2.42. The minimum atomic E-state index is -0.689. The largest absolute Gasteiger partial charge is 0.489 e. The van der Waals surface area contributed by atoms with E-state index >= 15 is 0 Å². The Kier molecular flexibility index (Phi) is 7.63. The molecule has 0 bridgehead atoms. The van der Waals surface area contributed by atoms with Gasteiger partial charge in [0.05, 0.1) is 23.0 Å². The molecule has 176 valence electrons. The number of piperazine rings is 1. The third-order valence-corrected chi connectivity index (χ3v) is 7.29. The Hall–Kier alpha value is -2.48. The number of nitrogens with zero attached hydrogens (tertiary/aromatic N) is 2. The lowest BCUT2D eigenvalue weighted by molar-refractivity contribution is -0.148. The molecular formula is C24H27Cl2N3O4. The minimum absolute atomic E-state index is 0.0458. The summed E-state index contributed by atoms with van der Waals surface area (Å²) in [4.78, 5) is 29.9. The Balaban J connectivity index is 1.40. The second-order valence-electron chi connectivity index (χ2n) is 8.44. The minimum Gasteiger partial charge on any atom is -0.489 e. The zero-order valence-electron chi connectivity index (χ0n) is 18.1. The number of anilines is 1. The second-order valence-corrected chi connectivity index (χ2v) is 9.23. The summed E-state index contributed by atoms with van der Waals surface area (Å²) in [5, 5.41) is 10.0. The molecule has 1 aliphatic heterocycles. The predicted molar refractivity (Wildman–Crippen MR) is 127 cm³/mol. The molecule has 9 heteroatoms. The van der Waals surface area contributed by atoms with E-state index in [1.54, 1.807) is 23.7 Å². The van der Waals surface area contributed by atoms with E-state index in [-0.39, 0.29) is 12.0 Å². The zero-order valence-corrected chi connectivity index (χ0v) is 19.6. The molecule has 0 radical (unpaired) electrons. The van der Waals surface area contributed by atoms with Gasteiger partial charge in [0, 0.05) is 31.9 Å². The van der Waals surface area contributed by atoms with Crippen molar-refractivity contribution in [1.82, 2.24) is 10.4 Å². The Morgan fingerprint density at radius 3 is 2.36 bits per heavy atom. The molecule has 7 nitrogen and oxygen atoms in total. The van der Waals surface area contributed by atoms with Crippen molar-refractivity contribution in [2.24, 2.45) is 11.8 Å². The van der Waals surface area contributed by atoms with E-state index in [2.05, 4.69) is 17.0 Å². The van der Waals surface area contributed by atoms with Gasteiger partial charge in [-0.15, -0.1) is 0 Å². The van der Waals surface area contributed by atoms with Crippen LogP contribution in [0.2, 0.25) is 10.0 Å². The van der Waals surface area contributed by atoms with Gasteiger partial charge in [0.2, 0.25) is 11.8 Å². The molecule has 2 N–H and O–H groups in total.